The summed E-state index contributed by atoms with van der Waals surface area (Å²) in [5.41, 5.74) is 0. The zero-order chi connectivity index (χ0) is 32.0. The molecule has 0 aromatic carbocycles. The Bertz CT molecular complexity index is 526. The van der Waals surface area contributed by atoms with Gasteiger partial charge in [0, 0.05) is 12.8 Å². The highest BCUT2D eigenvalue weighted by Gasteiger charge is 2.05. The third-order valence-electron chi connectivity index (χ3n) is 9.03. The molecule has 0 radical (unpaired) electrons. The van der Waals surface area contributed by atoms with Crippen molar-refractivity contribution in [1.29, 1.82) is 0 Å². The lowest BCUT2D eigenvalue weighted by Crippen LogP contribution is -2.06. The monoisotopic (exact) mass is 623 g/mol. The number of hydrogen-bond acceptors (Lipinski definition) is 4. The van der Waals surface area contributed by atoms with Gasteiger partial charge in [0.25, 0.3) is 0 Å². The molecular formula is C40H78O4. The van der Waals surface area contributed by atoms with E-state index in [0.717, 1.165) is 38.5 Å². The van der Waals surface area contributed by atoms with Gasteiger partial charge in [-0.05, 0) is 25.7 Å². The van der Waals surface area contributed by atoms with E-state index in [-0.39, 0.29) is 11.9 Å². The highest BCUT2D eigenvalue weighted by Crippen LogP contribution is 2.15. The second-order valence-electron chi connectivity index (χ2n) is 13.5. The highest BCUT2D eigenvalue weighted by molar-refractivity contribution is 5.69. The maximum Gasteiger partial charge on any atom is 0.305 e. The second kappa shape index (κ2) is 38.1. The average molecular weight is 623 g/mol. The third-order valence-corrected chi connectivity index (χ3v) is 9.03. The number of unbranched alkanes of at least 4 members (excludes halogenated alkanes) is 29. The lowest BCUT2D eigenvalue weighted by molar-refractivity contribution is -0.145. The fraction of sp³-hybridized carbons (Fsp3) is 0.950. The standard InChI is InChI=1S/C40H78O4/c1-3-5-7-9-11-13-15-17-19-21-23-25-29-33-37-43-39(41)35-31-27-28-32-36-40(42)44-38-34-30-26-24-22-20-18-16-14-12-10-8-6-4-2/h3-38H2,1-2H3. The predicted molar refractivity (Wildman–Crippen MR) is 190 cm³/mol. The molecule has 0 aliphatic heterocycles. The second-order valence-corrected chi connectivity index (χ2v) is 13.5. The summed E-state index contributed by atoms with van der Waals surface area (Å²) in [4.78, 5) is 23.9. The molecule has 0 amide bonds. The summed E-state index contributed by atoms with van der Waals surface area (Å²) in [6.45, 7) is 5.70. The minimum atomic E-state index is -0.0627. The van der Waals surface area contributed by atoms with Crippen molar-refractivity contribution in [2.24, 2.45) is 0 Å². The Kier molecular flexibility index (Phi) is 37.2. The summed E-state index contributed by atoms with van der Waals surface area (Å²) in [7, 11) is 0. The van der Waals surface area contributed by atoms with Crippen molar-refractivity contribution >= 4 is 11.9 Å². The molecule has 0 N–H and O–H groups in total. The number of carbonyl (C=O) groups excluding carboxylic acids is 2. The average Bonchev–Trinajstić information content (AvgIpc) is 3.02. The molecule has 0 atom stereocenters. The van der Waals surface area contributed by atoms with Gasteiger partial charge in [-0.3, -0.25) is 9.59 Å². The number of esters is 2. The predicted octanol–water partition coefficient (Wildman–Crippen LogP) is 13.4. The van der Waals surface area contributed by atoms with Crippen LogP contribution in [0.1, 0.15) is 232 Å². The Morgan fingerprint density at radius 3 is 0.750 bits per heavy atom. The van der Waals surface area contributed by atoms with Crippen molar-refractivity contribution in [2.45, 2.75) is 232 Å². The van der Waals surface area contributed by atoms with Gasteiger partial charge < -0.3 is 9.47 Å². The van der Waals surface area contributed by atoms with Gasteiger partial charge in [-0.2, -0.15) is 0 Å². The molecule has 0 aromatic rings. The highest BCUT2D eigenvalue weighted by atomic mass is 16.5. The SMILES string of the molecule is CCCCCCCCCCCCCCCCOC(=O)CCCCCCC(=O)OCCCCCCCCCCCCCCCC. The lowest BCUT2D eigenvalue weighted by atomic mass is 10.0. The lowest BCUT2D eigenvalue weighted by Gasteiger charge is -2.06. The van der Waals surface area contributed by atoms with Crippen LogP contribution in [0, 0.1) is 0 Å². The molecule has 0 aliphatic rings. The van der Waals surface area contributed by atoms with E-state index in [1.165, 1.54) is 167 Å². The van der Waals surface area contributed by atoms with E-state index < -0.39 is 0 Å². The van der Waals surface area contributed by atoms with Crippen molar-refractivity contribution in [3.63, 3.8) is 0 Å². The van der Waals surface area contributed by atoms with E-state index in [9.17, 15) is 9.59 Å². The first-order valence-corrected chi connectivity index (χ1v) is 20.0. The van der Waals surface area contributed by atoms with Crippen molar-refractivity contribution in [3.05, 3.63) is 0 Å². The number of ether oxygens (including phenoxy) is 2. The van der Waals surface area contributed by atoms with Crippen LogP contribution in [0.15, 0.2) is 0 Å². The smallest absolute Gasteiger partial charge is 0.305 e. The summed E-state index contributed by atoms with van der Waals surface area (Å²) >= 11 is 0. The molecule has 0 aliphatic carbocycles. The Morgan fingerprint density at radius 2 is 0.500 bits per heavy atom. The van der Waals surface area contributed by atoms with Crippen LogP contribution in [0.5, 0.6) is 0 Å². The fourth-order valence-electron chi connectivity index (χ4n) is 6.00. The molecule has 0 bridgehead atoms. The molecule has 4 heteroatoms. The zero-order valence-corrected chi connectivity index (χ0v) is 30.1. The summed E-state index contributed by atoms with van der Waals surface area (Å²) in [6, 6.07) is 0. The summed E-state index contributed by atoms with van der Waals surface area (Å²) in [6.07, 6.45) is 42.1. The first-order valence-electron chi connectivity index (χ1n) is 20.0. The first-order chi connectivity index (χ1) is 21.7. The minimum absolute atomic E-state index is 0.0627. The van der Waals surface area contributed by atoms with E-state index in [4.69, 9.17) is 9.47 Å². The van der Waals surface area contributed by atoms with Crippen molar-refractivity contribution in [3.8, 4) is 0 Å². The minimum Gasteiger partial charge on any atom is -0.466 e. The van der Waals surface area contributed by atoms with E-state index in [1.807, 2.05) is 0 Å². The fourth-order valence-corrected chi connectivity index (χ4v) is 6.00. The van der Waals surface area contributed by atoms with Gasteiger partial charge in [0.15, 0.2) is 0 Å². The molecular weight excluding hydrogens is 544 g/mol. The number of rotatable bonds is 37. The van der Waals surface area contributed by atoms with Crippen molar-refractivity contribution in [1.82, 2.24) is 0 Å². The Labute approximate surface area is 276 Å². The number of hydrogen-bond donors (Lipinski definition) is 0. The molecule has 0 saturated heterocycles. The van der Waals surface area contributed by atoms with E-state index in [1.54, 1.807) is 0 Å². The van der Waals surface area contributed by atoms with Gasteiger partial charge in [-0.15, -0.1) is 0 Å². The largest absolute Gasteiger partial charge is 0.466 e. The molecule has 0 spiro atoms. The molecule has 44 heavy (non-hydrogen) atoms. The Balaban J connectivity index is 3.25. The van der Waals surface area contributed by atoms with Gasteiger partial charge in [0.05, 0.1) is 13.2 Å². The molecule has 0 aromatic heterocycles. The molecule has 0 heterocycles. The molecule has 0 saturated carbocycles. The van der Waals surface area contributed by atoms with E-state index >= 15 is 0 Å². The van der Waals surface area contributed by atoms with Crippen LogP contribution in [0.3, 0.4) is 0 Å². The van der Waals surface area contributed by atoms with Crippen LogP contribution in [0.25, 0.3) is 0 Å². The normalized spacial score (nSPS) is 11.2. The van der Waals surface area contributed by atoms with E-state index in [0.29, 0.717) is 26.1 Å². The Hall–Kier alpha value is -1.06. The van der Waals surface area contributed by atoms with Crippen molar-refractivity contribution in [2.75, 3.05) is 13.2 Å². The Morgan fingerprint density at radius 1 is 0.295 bits per heavy atom. The van der Waals surface area contributed by atoms with E-state index in [2.05, 4.69) is 13.8 Å². The summed E-state index contributed by atoms with van der Waals surface area (Å²) < 4.78 is 10.8. The van der Waals surface area contributed by atoms with Crippen molar-refractivity contribution < 1.29 is 19.1 Å². The first kappa shape index (κ1) is 42.9. The van der Waals surface area contributed by atoms with Gasteiger partial charge in [-0.1, -0.05) is 194 Å². The molecule has 0 fully saturated rings. The molecule has 0 rings (SSSR count). The quantitative estimate of drug-likeness (QED) is 0.0511. The summed E-state index contributed by atoms with van der Waals surface area (Å²) in [5, 5.41) is 0. The molecule has 262 valence electrons. The molecule has 4 nitrogen and oxygen atoms in total. The van der Waals surface area contributed by atoms with Crippen LogP contribution in [-0.2, 0) is 19.1 Å². The van der Waals surface area contributed by atoms with Gasteiger partial charge in [0.1, 0.15) is 0 Å². The number of carbonyl (C=O) groups is 2. The zero-order valence-electron chi connectivity index (χ0n) is 30.1. The van der Waals surface area contributed by atoms with Crippen LogP contribution in [0.2, 0.25) is 0 Å². The van der Waals surface area contributed by atoms with Gasteiger partial charge >= 0.3 is 11.9 Å². The van der Waals surface area contributed by atoms with Gasteiger partial charge in [-0.25, -0.2) is 0 Å². The maximum absolute atomic E-state index is 11.9. The van der Waals surface area contributed by atoms with Crippen LogP contribution in [0.4, 0.5) is 0 Å². The van der Waals surface area contributed by atoms with Crippen LogP contribution < -0.4 is 0 Å². The third kappa shape index (κ3) is 37.1. The maximum atomic E-state index is 11.9. The van der Waals surface area contributed by atoms with Crippen LogP contribution in [-0.4, -0.2) is 25.2 Å². The summed E-state index contributed by atoms with van der Waals surface area (Å²) in [5.74, 6) is -0.125. The van der Waals surface area contributed by atoms with Crippen LogP contribution >= 0.6 is 0 Å². The topological polar surface area (TPSA) is 52.6 Å². The molecule has 0 unspecified atom stereocenters. The van der Waals surface area contributed by atoms with Gasteiger partial charge in [0.2, 0.25) is 0 Å².